The normalized spacial score (nSPS) is 13.6. The molecule has 3 rings (SSSR count). The van der Waals surface area contributed by atoms with Gasteiger partial charge in [-0.3, -0.25) is 4.79 Å². The van der Waals surface area contributed by atoms with Gasteiger partial charge in [0.2, 0.25) is 17.4 Å². The Morgan fingerprint density at radius 1 is 0.472 bits per heavy atom. The molecule has 0 heterocycles. The zero-order valence-corrected chi connectivity index (χ0v) is 17.3. The maximum atomic E-state index is 14.7. The fraction of sp³-hybridized carbons (Fsp3) is 0.0952. The quantitative estimate of drug-likeness (QED) is 0.196. The lowest BCUT2D eigenvalue weighted by Gasteiger charge is -2.16. The lowest BCUT2D eigenvalue weighted by Crippen LogP contribution is -2.19. The minimum atomic E-state index is -2.77. The van der Waals surface area contributed by atoms with Crippen LogP contribution in [0, 0.1) is 58.2 Å². The van der Waals surface area contributed by atoms with Crippen molar-refractivity contribution in [1.29, 1.82) is 0 Å². The van der Waals surface area contributed by atoms with E-state index in [1.54, 1.807) is 0 Å². The molecule has 0 atom stereocenters. The Morgan fingerprint density at radius 2 is 0.694 bits per heavy atom. The minimum Gasteiger partial charge on any atom is -0.465 e. The average molecular weight is 528 g/mol. The molecule has 0 aromatic heterocycles. The first-order valence-corrected chi connectivity index (χ1v) is 8.98. The summed E-state index contributed by atoms with van der Waals surface area (Å²) in [6.45, 7) is 0. The number of benzene rings is 2. The highest BCUT2D eigenvalue weighted by molar-refractivity contribution is 6.47. The second kappa shape index (κ2) is 9.13. The number of halogens is 10. The molecule has 0 unspecified atom stereocenters. The number of hydrogen-bond donors (Lipinski definition) is 0. The fourth-order valence-corrected chi connectivity index (χ4v) is 3.34. The van der Waals surface area contributed by atoms with Crippen LogP contribution in [-0.2, 0) is 23.9 Å². The van der Waals surface area contributed by atoms with E-state index in [0.29, 0.717) is 14.2 Å². The second-order valence-corrected chi connectivity index (χ2v) is 6.70. The molecule has 0 amide bonds. The SMILES string of the molecule is COC(=O)C1=C(c2c(F)c(F)c(F)c(F)c2F)C(c2c(F)c(F)c(F)c(F)c2F)=C(C(=O)OC)C1=O. The molecule has 190 valence electrons. The summed E-state index contributed by atoms with van der Waals surface area (Å²) in [6.07, 6.45) is 0. The predicted octanol–water partition coefficient (Wildman–Crippen LogP) is 4.21. The van der Waals surface area contributed by atoms with Crippen molar-refractivity contribution in [2.45, 2.75) is 0 Å². The molecule has 0 fully saturated rings. The van der Waals surface area contributed by atoms with Crippen LogP contribution in [0.5, 0.6) is 0 Å². The lowest BCUT2D eigenvalue weighted by atomic mass is 9.89. The Balaban J connectivity index is 2.71. The number of carbonyl (C=O) groups excluding carboxylic acids is 3. The fourth-order valence-electron chi connectivity index (χ4n) is 3.34. The summed E-state index contributed by atoms with van der Waals surface area (Å²) in [4.78, 5) is 37.4. The van der Waals surface area contributed by atoms with Crippen LogP contribution in [0.25, 0.3) is 11.1 Å². The van der Waals surface area contributed by atoms with Crippen molar-refractivity contribution in [2.75, 3.05) is 14.2 Å². The summed E-state index contributed by atoms with van der Waals surface area (Å²) in [5.74, 6) is -33.3. The highest BCUT2D eigenvalue weighted by atomic mass is 19.2. The molecule has 0 saturated carbocycles. The van der Waals surface area contributed by atoms with Crippen LogP contribution in [0.2, 0.25) is 0 Å². The van der Waals surface area contributed by atoms with Crippen molar-refractivity contribution in [3.8, 4) is 0 Å². The zero-order chi connectivity index (χ0) is 27.4. The molecule has 0 saturated heterocycles. The zero-order valence-electron chi connectivity index (χ0n) is 17.3. The lowest BCUT2D eigenvalue weighted by molar-refractivity contribution is -0.138. The number of allylic oxidation sites excluding steroid dienone is 2. The van der Waals surface area contributed by atoms with Crippen LogP contribution in [0.3, 0.4) is 0 Å². The van der Waals surface area contributed by atoms with Crippen molar-refractivity contribution >= 4 is 28.9 Å². The van der Waals surface area contributed by atoms with Crippen LogP contribution < -0.4 is 0 Å². The molecule has 15 heteroatoms. The number of Topliss-reactive ketones (excluding diaryl/α,β-unsaturated/α-hetero) is 1. The van der Waals surface area contributed by atoms with Crippen LogP contribution in [0.1, 0.15) is 11.1 Å². The first-order valence-electron chi connectivity index (χ1n) is 8.98. The highest BCUT2D eigenvalue weighted by Gasteiger charge is 2.47. The topological polar surface area (TPSA) is 69.7 Å². The Bertz CT molecular complexity index is 1290. The summed E-state index contributed by atoms with van der Waals surface area (Å²) in [5.41, 5.74) is -11.7. The Kier molecular flexibility index (Phi) is 6.70. The summed E-state index contributed by atoms with van der Waals surface area (Å²) in [6, 6.07) is 0. The third-order valence-corrected chi connectivity index (χ3v) is 4.90. The van der Waals surface area contributed by atoms with Gasteiger partial charge in [0.1, 0.15) is 11.1 Å². The van der Waals surface area contributed by atoms with Gasteiger partial charge in [0.25, 0.3) is 0 Å². The Morgan fingerprint density at radius 3 is 0.917 bits per heavy atom. The van der Waals surface area contributed by atoms with Crippen molar-refractivity contribution < 1.29 is 67.8 Å². The molecule has 0 N–H and O–H groups in total. The summed E-state index contributed by atoms with van der Waals surface area (Å²) < 4.78 is 150. The van der Waals surface area contributed by atoms with Crippen molar-refractivity contribution in [3.05, 3.63) is 80.4 Å². The van der Waals surface area contributed by atoms with Gasteiger partial charge in [-0.2, -0.15) is 0 Å². The third-order valence-electron chi connectivity index (χ3n) is 4.90. The standard InChI is InChI=1S/C21H6F10O5/c1-35-20(33)7-3(5-9(22)13(26)17(30)14(27)10(5)23)4(8(19(7)32)21(34)36-2)6-11(24)15(28)18(31)16(29)12(6)25/h1-2H3. The maximum absolute atomic E-state index is 14.7. The second-order valence-electron chi connectivity index (χ2n) is 6.70. The van der Waals surface area contributed by atoms with E-state index in [0.717, 1.165) is 0 Å². The molecule has 1 aliphatic rings. The summed E-state index contributed by atoms with van der Waals surface area (Å²) in [5, 5.41) is 0. The molecule has 2 aromatic carbocycles. The van der Waals surface area contributed by atoms with E-state index < -0.39 is 109 Å². The van der Waals surface area contributed by atoms with Gasteiger partial charge in [0.15, 0.2) is 46.5 Å². The summed E-state index contributed by atoms with van der Waals surface area (Å²) in [7, 11) is 1.07. The molecule has 0 radical (unpaired) electrons. The molecule has 36 heavy (non-hydrogen) atoms. The molecular formula is C21H6F10O5. The number of carbonyl (C=O) groups is 3. The molecule has 0 spiro atoms. The van der Waals surface area contributed by atoms with Crippen molar-refractivity contribution in [2.24, 2.45) is 0 Å². The number of rotatable bonds is 4. The van der Waals surface area contributed by atoms with Crippen LogP contribution in [0.4, 0.5) is 43.9 Å². The van der Waals surface area contributed by atoms with Gasteiger partial charge < -0.3 is 9.47 Å². The smallest absolute Gasteiger partial charge is 0.342 e. The molecule has 5 nitrogen and oxygen atoms in total. The van der Waals surface area contributed by atoms with Gasteiger partial charge in [0, 0.05) is 11.1 Å². The molecule has 0 bridgehead atoms. The van der Waals surface area contributed by atoms with E-state index in [1.807, 2.05) is 0 Å². The van der Waals surface area contributed by atoms with Gasteiger partial charge >= 0.3 is 11.9 Å². The number of methoxy groups -OCH3 is 2. The average Bonchev–Trinajstić information content (AvgIpc) is 3.15. The number of esters is 2. The number of hydrogen-bond acceptors (Lipinski definition) is 5. The minimum absolute atomic E-state index is 0.535. The van der Waals surface area contributed by atoms with Crippen LogP contribution >= 0.6 is 0 Å². The predicted molar refractivity (Wildman–Crippen MR) is 95.3 cm³/mol. The van der Waals surface area contributed by atoms with Gasteiger partial charge in [-0.1, -0.05) is 0 Å². The maximum Gasteiger partial charge on any atom is 0.342 e. The Hall–Kier alpha value is -4.17. The van der Waals surface area contributed by atoms with Crippen LogP contribution in [-0.4, -0.2) is 31.9 Å². The monoisotopic (exact) mass is 528 g/mol. The van der Waals surface area contributed by atoms with Gasteiger partial charge in [-0.15, -0.1) is 0 Å². The van der Waals surface area contributed by atoms with Gasteiger partial charge in [-0.25, -0.2) is 53.5 Å². The van der Waals surface area contributed by atoms with Crippen molar-refractivity contribution in [1.82, 2.24) is 0 Å². The Labute approximate surface area is 192 Å². The summed E-state index contributed by atoms with van der Waals surface area (Å²) >= 11 is 0. The number of ether oxygens (including phenoxy) is 2. The first-order chi connectivity index (χ1) is 16.7. The van der Waals surface area contributed by atoms with E-state index in [-0.39, 0.29) is 0 Å². The molecule has 2 aromatic rings. The highest BCUT2D eigenvalue weighted by Crippen LogP contribution is 2.48. The largest absolute Gasteiger partial charge is 0.465 e. The van der Waals surface area contributed by atoms with E-state index in [4.69, 9.17) is 0 Å². The van der Waals surface area contributed by atoms with Gasteiger partial charge in [-0.05, 0) is 0 Å². The number of ketones is 1. The van der Waals surface area contributed by atoms with Gasteiger partial charge in [0.05, 0.1) is 25.3 Å². The molecular weight excluding hydrogens is 522 g/mol. The van der Waals surface area contributed by atoms with E-state index >= 15 is 0 Å². The van der Waals surface area contributed by atoms with Crippen LogP contribution in [0.15, 0.2) is 11.1 Å². The molecule has 1 aliphatic carbocycles. The van der Waals surface area contributed by atoms with E-state index in [9.17, 15) is 58.3 Å². The first kappa shape index (κ1) is 26.4. The third kappa shape index (κ3) is 3.53. The van der Waals surface area contributed by atoms with Crippen molar-refractivity contribution in [3.63, 3.8) is 0 Å². The van der Waals surface area contributed by atoms with E-state index in [2.05, 4.69) is 9.47 Å². The molecule has 0 aliphatic heterocycles. The van der Waals surface area contributed by atoms with E-state index in [1.165, 1.54) is 0 Å².